The zero-order valence-electron chi connectivity index (χ0n) is 45.1. The number of aliphatic carboxylic acids is 1. The molecule has 0 aromatic carbocycles. The van der Waals surface area contributed by atoms with Crippen LogP contribution in [-0.4, -0.2) is 123 Å². The SMILES string of the molecule is CCCCCCCCCCCCCCCCCOCNCCCOCC(COCCCN=COCC)(COCCCNCOCCCCCCCCCCCCCCCCC)COCCC(=O)O. The Bertz CT molecular complexity index is 945. The lowest BCUT2D eigenvalue weighted by Crippen LogP contribution is -2.42. The first-order valence-corrected chi connectivity index (χ1v) is 28.8. The fourth-order valence-electron chi connectivity index (χ4n) is 8.18. The predicted molar refractivity (Wildman–Crippen MR) is 284 cm³/mol. The van der Waals surface area contributed by atoms with Crippen LogP contribution in [0.4, 0.5) is 0 Å². The molecule has 406 valence electrons. The molecule has 0 aliphatic heterocycles. The van der Waals surface area contributed by atoms with Crippen molar-refractivity contribution in [2.24, 2.45) is 10.4 Å². The summed E-state index contributed by atoms with van der Waals surface area (Å²) >= 11 is 0. The van der Waals surface area contributed by atoms with Gasteiger partial charge in [0.1, 0.15) is 0 Å². The van der Waals surface area contributed by atoms with Crippen LogP contribution in [0.15, 0.2) is 4.99 Å². The zero-order valence-corrected chi connectivity index (χ0v) is 45.1. The third-order valence-corrected chi connectivity index (χ3v) is 12.5. The van der Waals surface area contributed by atoms with Crippen molar-refractivity contribution in [3.63, 3.8) is 0 Å². The maximum atomic E-state index is 11.2. The molecule has 0 saturated heterocycles. The third kappa shape index (κ3) is 54.0. The van der Waals surface area contributed by atoms with E-state index in [9.17, 15) is 9.90 Å². The van der Waals surface area contributed by atoms with Crippen LogP contribution >= 0.6 is 0 Å². The van der Waals surface area contributed by atoms with Crippen molar-refractivity contribution in [3.8, 4) is 0 Å². The molecule has 0 heterocycles. The van der Waals surface area contributed by atoms with Gasteiger partial charge in [0, 0.05) is 39.6 Å². The number of carbonyl (C=O) groups is 1. The minimum Gasteiger partial charge on any atom is -0.484 e. The molecule has 0 radical (unpaired) electrons. The molecule has 68 heavy (non-hydrogen) atoms. The van der Waals surface area contributed by atoms with Crippen LogP contribution in [0.1, 0.15) is 239 Å². The highest BCUT2D eigenvalue weighted by molar-refractivity contribution is 5.66. The van der Waals surface area contributed by atoms with Gasteiger partial charge >= 0.3 is 5.97 Å². The first-order valence-electron chi connectivity index (χ1n) is 28.8. The van der Waals surface area contributed by atoms with Gasteiger partial charge in [0.15, 0.2) is 6.40 Å². The Labute approximate surface area is 420 Å². The summed E-state index contributed by atoms with van der Waals surface area (Å²) < 4.78 is 41.4. The van der Waals surface area contributed by atoms with Crippen molar-refractivity contribution < 1.29 is 43.1 Å². The van der Waals surface area contributed by atoms with E-state index in [0.717, 1.165) is 58.4 Å². The number of nitrogens with one attached hydrogen (secondary N) is 2. The third-order valence-electron chi connectivity index (χ3n) is 12.5. The van der Waals surface area contributed by atoms with Crippen LogP contribution in [0, 0.1) is 5.41 Å². The van der Waals surface area contributed by atoms with E-state index in [1.807, 2.05) is 6.92 Å². The van der Waals surface area contributed by atoms with E-state index in [-0.39, 0.29) is 19.6 Å². The number of aliphatic imine (C=N–C) groups is 1. The molecule has 12 heteroatoms. The van der Waals surface area contributed by atoms with Crippen molar-refractivity contribution >= 4 is 12.4 Å². The lowest BCUT2D eigenvalue weighted by Gasteiger charge is -2.33. The van der Waals surface area contributed by atoms with E-state index >= 15 is 0 Å². The summed E-state index contributed by atoms with van der Waals surface area (Å²) in [6, 6.07) is 0. The van der Waals surface area contributed by atoms with Gasteiger partial charge in [0.05, 0.1) is 64.9 Å². The van der Waals surface area contributed by atoms with Crippen molar-refractivity contribution in [1.29, 1.82) is 0 Å². The molecule has 0 spiro atoms. The standard InChI is InChI=1S/C56H113N3O9/c1-4-7-9-11-13-15-17-19-21-23-25-27-29-31-33-42-67-53-58-40-36-45-64-49-56(51-66-47-38-55(60)61,48-63-44-35-39-57-52-62-6-3)50-65-46-37-41-59-54-68-43-34-32-30-28-26-24-22-20-18-16-14-12-10-8-5-2/h52,58-59H,4-51,53-54H2,1-3H3,(H,60,61). The second kappa shape index (κ2) is 58.2. The Kier molecular flexibility index (Phi) is 57.0. The summed E-state index contributed by atoms with van der Waals surface area (Å²) in [4.78, 5) is 15.5. The van der Waals surface area contributed by atoms with Crippen molar-refractivity contribution in [1.82, 2.24) is 10.6 Å². The molecular formula is C56H113N3O9. The quantitative estimate of drug-likeness (QED) is 0.0232. The number of unbranched alkanes of at least 4 members (excludes halogenated alkanes) is 28. The largest absolute Gasteiger partial charge is 0.484 e. The first kappa shape index (κ1) is 66.6. The Morgan fingerprint density at radius 1 is 0.426 bits per heavy atom. The molecule has 0 unspecified atom stereocenters. The van der Waals surface area contributed by atoms with Gasteiger partial charge in [-0.25, -0.2) is 0 Å². The lowest BCUT2D eigenvalue weighted by atomic mass is 9.92. The average Bonchev–Trinajstić information content (AvgIpc) is 3.34. The zero-order chi connectivity index (χ0) is 49.2. The molecule has 0 rings (SSSR count). The Balaban J connectivity index is 4.33. The number of nitrogens with zero attached hydrogens (tertiary/aromatic N) is 1. The van der Waals surface area contributed by atoms with Crippen LogP contribution < -0.4 is 10.6 Å². The summed E-state index contributed by atoms with van der Waals surface area (Å²) in [6.45, 7) is 15.2. The molecule has 3 N–H and O–H groups in total. The van der Waals surface area contributed by atoms with Gasteiger partial charge in [0.2, 0.25) is 0 Å². The molecule has 0 saturated carbocycles. The number of hydrogen-bond acceptors (Lipinski definition) is 11. The second-order valence-corrected chi connectivity index (χ2v) is 19.4. The molecule has 0 bridgehead atoms. The van der Waals surface area contributed by atoms with Crippen LogP contribution in [0.25, 0.3) is 0 Å². The second-order valence-electron chi connectivity index (χ2n) is 19.4. The highest BCUT2D eigenvalue weighted by Crippen LogP contribution is 2.22. The van der Waals surface area contributed by atoms with Crippen molar-refractivity contribution in [2.75, 3.05) is 106 Å². The van der Waals surface area contributed by atoms with E-state index in [1.165, 1.54) is 186 Å². The van der Waals surface area contributed by atoms with E-state index in [2.05, 4.69) is 29.5 Å². The Morgan fingerprint density at radius 2 is 0.750 bits per heavy atom. The highest BCUT2D eigenvalue weighted by atomic mass is 16.5. The van der Waals surface area contributed by atoms with E-state index < -0.39 is 11.4 Å². The molecule has 0 aliphatic carbocycles. The Morgan fingerprint density at radius 3 is 1.10 bits per heavy atom. The van der Waals surface area contributed by atoms with Crippen molar-refractivity contribution in [3.05, 3.63) is 0 Å². The van der Waals surface area contributed by atoms with Crippen LogP contribution in [0.5, 0.6) is 0 Å². The molecule has 0 fully saturated rings. The van der Waals surface area contributed by atoms with Gasteiger partial charge in [-0.3, -0.25) is 20.4 Å². The van der Waals surface area contributed by atoms with Crippen LogP contribution in [0.2, 0.25) is 0 Å². The smallest absolute Gasteiger partial charge is 0.305 e. The monoisotopic (exact) mass is 972 g/mol. The summed E-state index contributed by atoms with van der Waals surface area (Å²) in [5.41, 5.74) is -0.583. The first-order chi connectivity index (χ1) is 33.6. The molecule has 0 aliphatic rings. The molecule has 0 amide bonds. The number of carboxylic acids is 1. The highest BCUT2D eigenvalue weighted by Gasteiger charge is 2.32. The number of rotatable bonds is 61. The minimum absolute atomic E-state index is 0.0587. The molecular weight excluding hydrogens is 859 g/mol. The average molecular weight is 973 g/mol. The maximum Gasteiger partial charge on any atom is 0.305 e. The maximum absolute atomic E-state index is 11.2. The van der Waals surface area contributed by atoms with E-state index in [4.69, 9.17) is 33.2 Å². The van der Waals surface area contributed by atoms with Gasteiger partial charge in [0.25, 0.3) is 0 Å². The Hall–Kier alpha value is -1.38. The summed E-state index contributed by atoms with van der Waals surface area (Å²) in [5.74, 6) is -0.885. The normalized spacial score (nSPS) is 12.0. The lowest BCUT2D eigenvalue weighted by molar-refractivity contribution is -0.140. The predicted octanol–water partition coefficient (Wildman–Crippen LogP) is 13.6. The number of ether oxygens (including phenoxy) is 7. The van der Waals surface area contributed by atoms with Gasteiger partial charge < -0.3 is 38.3 Å². The molecule has 12 nitrogen and oxygen atoms in total. The van der Waals surface area contributed by atoms with Crippen LogP contribution in [-0.2, 0) is 38.0 Å². The summed E-state index contributed by atoms with van der Waals surface area (Å²) in [7, 11) is 0. The molecule has 0 atom stereocenters. The fourth-order valence-corrected chi connectivity index (χ4v) is 8.18. The van der Waals surface area contributed by atoms with E-state index in [0.29, 0.717) is 66.3 Å². The summed E-state index contributed by atoms with van der Waals surface area (Å²) in [6.07, 6.45) is 44.8. The topological polar surface area (TPSA) is 138 Å². The number of hydrogen-bond donors (Lipinski definition) is 3. The van der Waals surface area contributed by atoms with Gasteiger partial charge in [-0.2, -0.15) is 0 Å². The fraction of sp³-hybridized carbons (Fsp3) is 0.964. The minimum atomic E-state index is -0.885. The molecule has 0 aromatic rings. The number of carboxylic acid groups (broad SMARTS) is 1. The van der Waals surface area contributed by atoms with Gasteiger partial charge in [-0.1, -0.05) is 194 Å². The summed E-state index contributed by atoms with van der Waals surface area (Å²) in [5, 5.41) is 16.0. The van der Waals surface area contributed by atoms with Gasteiger partial charge in [-0.15, -0.1) is 0 Å². The van der Waals surface area contributed by atoms with Crippen LogP contribution in [0.3, 0.4) is 0 Å². The van der Waals surface area contributed by atoms with E-state index in [1.54, 1.807) is 0 Å². The van der Waals surface area contributed by atoms with Gasteiger partial charge in [-0.05, 0) is 52.1 Å². The molecule has 0 aromatic heterocycles. The van der Waals surface area contributed by atoms with Crippen molar-refractivity contribution in [2.45, 2.75) is 239 Å².